The summed E-state index contributed by atoms with van der Waals surface area (Å²) in [5, 5.41) is 2.08. The number of benzene rings is 2. The predicted molar refractivity (Wildman–Crippen MR) is 122 cm³/mol. The molecular weight excluding hydrogens is 414 g/mol. The second-order valence-electron chi connectivity index (χ2n) is 7.50. The van der Waals surface area contributed by atoms with E-state index in [1.54, 1.807) is 21.7 Å². The Kier molecular flexibility index (Phi) is 6.51. The highest BCUT2D eigenvalue weighted by atomic mass is 32.2. The minimum Gasteiger partial charge on any atom is -0.316 e. The van der Waals surface area contributed by atoms with Crippen LogP contribution in [-0.2, 0) is 16.6 Å². The topological polar surface area (TPSA) is 54.7 Å². The number of thiazole rings is 1. The Morgan fingerprint density at radius 2 is 1.80 bits per heavy atom. The molecule has 7 heteroatoms. The van der Waals surface area contributed by atoms with E-state index in [2.05, 4.69) is 16.9 Å². The average Bonchev–Trinajstić information content (AvgIpc) is 3.44. The zero-order chi connectivity index (χ0) is 21.0. The molecule has 0 N–H and O–H groups in total. The molecule has 0 amide bonds. The highest BCUT2D eigenvalue weighted by Gasteiger charge is 2.27. The molecule has 1 saturated heterocycles. The minimum absolute atomic E-state index is 0.372. The van der Waals surface area contributed by atoms with Crippen molar-refractivity contribution in [2.45, 2.75) is 44.0 Å². The number of aromatic nitrogens is 1. The predicted octanol–water partition coefficient (Wildman–Crippen LogP) is 5.03. The third-order valence-electron chi connectivity index (χ3n) is 5.35. The van der Waals surface area contributed by atoms with Gasteiger partial charge in [0.05, 0.1) is 16.3 Å². The lowest BCUT2D eigenvalue weighted by molar-refractivity contribution is 0.477. The van der Waals surface area contributed by atoms with E-state index in [0.29, 0.717) is 18.0 Å². The van der Waals surface area contributed by atoms with Crippen molar-refractivity contribution in [2.24, 2.45) is 4.99 Å². The molecule has 158 valence electrons. The van der Waals surface area contributed by atoms with Gasteiger partial charge < -0.3 is 4.57 Å². The maximum Gasteiger partial charge on any atom is 0.243 e. The van der Waals surface area contributed by atoms with Gasteiger partial charge in [0.15, 0.2) is 4.80 Å². The molecule has 5 nitrogen and oxygen atoms in total. The molecular formula is C23H27N3O2S2. The zero-order valence-electron chi connectivity index (χ0n) is 17.2. The van der Waals surface area contributed by atoms with Crippen LogP contribution in [0.3, 0.4) is 0 Å². The smallest absolute Gasteiger partial charge is 0.243 e. The van der Waals surface area contributed by atoms with E-state index in [1.165, 1.54) is 0 Å². The molecule has 0 spiro atoms. The Labute approximate surface area is 182 Å². The maximum atomic E-state index is 13.0. The normalized spacial score (nSPS) is 15.7. The molecule has 2 aromatic carbocycles. The first-order valence-corrected chi connectivity index (χ1v) is 12.8. The van der Waals surface area contributed by atoms with Gasteiger partial charge in [-0.25, -0.2) is 13.4 Å². The van der Waals surface area contributed by atoms with Gasteiger partial charge in [0.25, 0.3) is 0 Å². The lowest BCUT2D eigenvalue weighted by Gasteiger charge is -2.16. The van der Waals surface area contributed by atoms with Gasteiger partial charge in [-0.3, -0.25) is 0 Å². The van der Waals surface area contributed by atoms with Crippen LogP contribution in [0.1, 0.15) is 32.6 Å². The van der Waals surface area contributed by atoms with Crippen molar-refractivity contribution in [3.8, 4) is 11.3 Å². The van der Waals surface area contributed by atoms with Gasteiger partial charge in [0, 0.05) is 30.6 Å². The molecule has 30 heavy (non-hydrogen) atoms. The fourth-order valence-electron chi connectivity index (χ4n) is 3.69. The summed E-state index contributed by atoms with van der Waals surface area (Å²) in [6.07, 6.45) is 3.99. The molecule has 4 rings (SSSR count). The number of unbranched alkanes of at least 4 members (excludes halogenated alkanes) is 1. The van der Waals surface area contributed by atoms with Crippen LogP contribution in [0.5, 0.6) is 0 Å². The number of para-hydroxylation sites is 1. The molecule has 0 aliphatic carbocycles. The van der Waals surface area contributed by atoms with Crippen LogP contribution in [0.15, 0.2) is 69.9 Å². The SMILES string of the molecule is CCCCn1c(-c2cccc(S(=O)(=O)N3CCCC3)c2)csc1=Nc1ccccc1. The first kappa shape index (κ1) is 21.0. The number of hydrogen-bond acceptors (Lipinski definition) is 4. The number of sulfonamides is 1. The first-order valence-electron chi connectivity index (χ1n) is 10.5. The molecule has 1 aliphatic heterocycles. The van der Waals surface area contributed by atoms with E-state index in [9.17, 15) is 8.42 Å². The summed E-state index contributed by atoms with van der Waals surface area (Å²) in [6, 6.07) is 17.3. The van der Waals surface area contributed by atoms with Crippen molar-refractivity contribution < 1.29 is 8.42 Å². The molecule has 0 unspecified atom stereocenters. The molecule has 0 radical (unpaired) electrons. The van der Waals surface area contributed by atoms with Crippen LogP contribution in [0, 0.1) is 0 Å². The third kappa shape index (κ3) is 4.43. The van der Waals surface area contributed by atoms with E-state index in [0.717, 1.165) is 54.0 Å². The highest BCUT2D eigenvalue weighted by Crippen LogP contribution is 2.27. The summed E-state index contributed by atoms with van der Waals surface area (Å²) in [6.45, 7) is 4.25. The van der Waals surface area contributed by atoms with Crippen LogP contribution < -0.4 is 4.80 Å². The first-order chi connectivity index (χ1) is 14.6. The number of nitrogens with zero attached hydrogens (tertiary/aromatic N) is 3. The minimum atomic E-state index is -3.44. The van der Waals surface area contributed by atoms with Crippen molar-refractivity contribution in [1.82, 2.24) is 8.87 Å². The Hall–Kier alpha value is -2.22. The van der Waals surface area contributed by atoms with Crippen LogP contribution in [0.2, 0.25) is 0 Å². The molecule has 2 heterocycles. The summed E-state index contributed by atoms with van der Waals surface area (Å²) in [4.78, 5) is 6.13. The van der Waals surface area contributed by atoms with Crippen LogP contribution in [-0.4, -0.2) is 30.4 Å². The maximum absolute atomic E-state index is 13.0. The summed E-state index contributed by atoms with van der Waals surface area (Å²) in [5.74, 6) is 0. The van der Waals surface area contributed by atoms with Crippen LogP contribution in [0.4, 0.5) is 5.69 Å². The quantitative estimate of drug-likeness (QED) is 0.516. The Morgan fingerprint density at radius 1 is 1.03 bits per heavy atom. The summed E-state index contributed by atoms with van der Waals surface area (Å²) < 4.78 is 29.9. The lowest BCUT2D eigenvalue weighted by Crippen LogP contribution is -2.27. The Bertz CT molecular complexity index is 1160. The largest absolute Gasteiger partial charge is 0.316 e. The van der Waals surface area contributed by atoms with Gasteiger partial charge in [-0.15, -0.1) is 11.3 Å². The lowest BCUT2D eigenvalue weighted by atomic mass is 10.1. The van der Waals surface area contributed by atoms with E-state index in [1.807, 2.05) is 48.5 Å². The van der Waals surface area contributed by atoms with Crippen molar-refractivity contribution in [3.05, 3.63) is 64.8 Å². The highest BCUT2D eigenvalue weighted by molar-refractivity contribution is 7.89. The van der Waals surface area contributed by atoms with Gasteiger partial charge in [0.2, 0.25) is 10.0 Å². The number of rotatable bonds is 7. The van der Waals surface area contributed by atoms with Gasteiger partial charge in [-0.2, -0.15) is 4.31 Å². The second-order valence-corrected chi connectivity index (χ2v) is 10.3. The van der Waals surface area contributed by atoms with Crippen LogP contribution in [0.25, 0.3) is 11.3 Å². The fourth-order valence-corrected chi connectivity index (χ4v) is 6.21. The summed E-state index contributed by atoms with van der Waals surface area (Å²) >= 11 is 1.59. The summed E-state index contributed by atoms with van der Waals surface area (Å²) in [7, 11) is -3.44. The van der Waals surface area contributed by atoms with Crippen molar-refractivity contribution in [2.75, 3.05) is 13.1 Å². The van der Waals surface area contributed by atoms with E-state index < -0.39 is 10.0 Å². The molecule has 0 atom stereocenters. The van der Waals surface area contributed by atoms with E-state index in [4.69, 9.17) is 4.99 Å². The van der Waals surface area contributed by atoms with Gasteiger partial charge >= 0.3 is 0 Å². The molecule has 1 aliphatic rings. The summed E-state index contributed by atoms with van der Waals surface area (Å²) in [5.41, 5.74) is 2.85. The van der Waals surface area contributed by atoms with E-state index in [-0.39, 0.29) is 0 Å². The van der Waals surface area contributed by atoms with Crippen molar-refractivity contribution >= 4 is 27.0 Å². The van der Waals surface area contributed by atoms with Crippen molar-refractivity contribution in [3.63, 3.8) is 0 Å². The number of hydrogen-bond donors (Lipinski definition) is 0. The van der Waals surface area contributed by atoms with Crippen molar-refractivity contribution in [1.29, 1.82) is 0 Å². The molecule has 3 aromatic rings. The van der Waals surface area contributed by atoms with Gasteiger partial charge in [0.1, 0.15) is 0 Å². The molecule has 1 aromatic heterocycles. The molecule has 1 fully saturated rings. The zero-order valence-corrected chi connectivity index (χ0v) is 18.8. The Morgan fingerprint density at radius 3 is 2.53 bits per heavy atom. The van der Waals surface area contributed by atoms with Gasteiger partial charge in [-0.05, 0) is 43.5 Å². The molecule has 0 saturated carbocycles. The Balaban J connectivity index is 1.76. The van der Waals surface area contributed by atoms with Gasteiger partial charge in [-0.1, -0.05) is 43.7 Å². The molecule has 0 bridgehead atoms. The average molecular weight is 442 g/mol. The third-order valence-corrected chi connectivity index (χ3v) is 8.10. The second kappa shape index (κ2) is 9.29. The fraction of sp³-hybridized carbons (Fsp3) is 0.348. The standard InChI is InChI=1S/C23H27N3O2S2/c1-2-3-16-26-22(18-29-23(26)24-20-11-5-4-6-12-20)19-10-9-13-21(17-19)30(27,28)25-14-7-8-15-25/h4-6,9-13,17-18H,2-3,7-8,14-16H2,1H3. The van der Waals surface area contributed by atoms with E-state index >= 15 is 0 Å². The van der Waals surface area contributed by atoms with Crippen LogP contribution >= 0.6 is 11.3 Å². The monoisotopic (exact) mass is 441 g/mol.